The SMILES string of the molecule is Cc1cccc(Cc2cccc(Oc3nc(Oc4cccc(C(=N)N)c4)c(F)c(C)c3F)c2C(N)=O)c1. The molecule has 0 fully saturated rings. The highest BCUT2D eigenvalue weighted by Crippen LogP contribution is 2.35. The summed E-state index contributed by atoms with van der Waals surface area (Å²) >= 11 is 0. The van der Waals surface area contributed by atoms with Gasteiger partial charge < -0.3 is 20.9 Å². The number of carbonyl (C=O) groups is 1. The number of halogens is 2. The predicted octanol–water partition coefficient (Wildman–Crippen LogP) is 5.54. The molecule has 3 aromatic carbocycles. The molecule has 0 aliphatic rings. The normalized spacial score (nSPS) is 10.7. The maximum absolute atomic E-state index is 15.0. The smallest absolute Gasteiger partial charge is 0.259 e. The van der Waals surface area contributed by atoms with Crippen molar-refractivity contribution in [1.29, 1.82) is 5.41 Å². The molecule has 0 spiro atoms. The van der Waals surface area contributed by atoms with Crippen LogP contribution in [0, 0.1) is 30.9 Å². The first kappa shape index (κ1) is 25.3. The third-order valence-electron chi connectivity index (χ3n) is 5.64. The van der Waals surface area contributed by atoms with Crippen molar-refractivity contribution in [3.8, 4) is 23.3 Å². The number of hydrogen-bond donors (Lipinski definition) is 3. The van der Waals surface area contributed by atoms with Crippen molar-refractivity contribution in [3.05, 3.63) is 112 Å². The van der Waals surface area contributed by atoms with Crippen LogP contribution in [0.1, 0.15) is 38.2 Å². The van der Waals surface area contributed by atoms with Crippen LogP contribution in [-0.4, -0.2) is 16.7 Å². The number of nitrogen functional groups attached to an aromatic ring is 1. The molecule has 0 unspecified atom stereocenters. The average molecular weight is 503 g/mol. The summed E-state index contributed by atoms with van der Waals surface area (Å²) in [6.45, 7) is 3.17. The second-order valence-corrected chi connectivity index (χ2v) is 8.44. The van der Waals surface area contributed by atoms with E-state index < -0.39 is 29.3 Å². The third kappa shape index (κ3) is 5.56. The summed E-state index contributed by atoms with van der Waals surface area (Å²) in [6, 6.07) is 18.7. The summed E-state index contributed by atoms with van der Waals surface area (Å²) < 4.78 is 41.1. The highest BCUT2D eigenvalue weighted by Gasteiger charge is 2.23. The lowest BCUT2D eigenvalue weighted by atomic mass is 9.97. The third-order valence-corrected chi connectivity index (χ3v) is 5.64. The molecule has 37 heavy (non-hydrogen) atoms. The first-order valence-electron chi connectivity index (χ1n) is 11.3. The van der Waals surface area contributed by atoms with E-state index in [9.17, 15) is 9.18 Å². The van der Waals surface area contributed by atoms with Crippen molar-refractivity contribution in [3.63, 3.8) is 0 Å². The van der Waals surface area contributed by atoms with E-state index >= 15 is 4.39 Å². The Bertz CT molecular complexity index is 1520. The van der Waals surface area contributed by atoms with E-state index in [2.05, 4.69) is 4.98 Å². The first-order valence-corrected chi connectivity index (χ1v) is 11.3. The van der Waals surface area contributed by atoms with Crippen LogP contribution in [0.25, 0.3) is 0 Å². The van der Waals surface area contributed by atoms with E-state index in [1.807, 2.05) is 31.2 Å². The zero-order valence-electron chi connectivity index (χ0n) is 20.1. The van der Waals surface area contributed by atoms with Crippen LogP contribution in [0.2, 0.25) is 0 Å². The van der Waals surface area contributed by atoms with Gasteiger partial charge >= 0.3 is 0 Å². The van der Waals surface area contributed by atoms with E-state index in [1.165, 1.54) is 25.1 Å². The number of nitrogens with two attached hydrogens (primary N) is 2. The number of benzene rings is 3. The molecule has 0 bridgehead atoms. The van der Waals surface area contributed by atoms with E-state index in [1.54, 1.807) is 24.3 Å². The van der Waals surface area contributed by atoms with Gasteiger partial charge in [-0.15, -0.1) is 0 Å². The Kier molecular flexibility index (Phi) is 7.15. The number of pyridine rings is 1. The minimum atomic E-state index is -1.05. The van der Waals surface area contributed by atoms with Crippen molar-refractivity contribution in [2.75, 3.05) is 0 Å². The minimum absolute atomic E-state index is 0.0282. The Morgan fingerprint density at radius 1 is 0.919 bits per heavy atom. The zero-order valence-corrected chi connectivity index (χ0v) is 20.1. The number of ether oxygens (including phenoxy) is 2. The molecule has 0 saturated carbocycles. The van der Waals surface area contributed by atoms with Crippen LogP contribution in [-0.2, 0) is 6.42 Å². The summed E-state index contributed by atoms with van der Waals surface area (Å²) in [7, 11) is 0. The van der Waals surface area contributed by atoms with E-state index in [0.29, 0.717) is 17.5 Å². The standard InChI is InChI=1S/C28H24F2N4O3/c1-15-6-3-7-17(12-15)13-18-8-5-11-21(22(18)26(33)35)37-28-24(30)16(2)23(29)27(34-28)36-20-10-4-9-19(14-20)25(31)32/h3-12,14H,13H2,1-2H3,(H3,31,32)(H2,33,35). The topological polar surface area (TPSA) is 124 Å². The Morgan fingerprint density at radius 3 is 2.27 bits per heavy atom. The molecule has 7 nitrogen and oxygen atoms in total. The monoisotopic (exact) mass is 502 g/mol. The molecule has 0 atom stereocenters. The molecule has 5 N–H and O–H groups in total. The summed E-state index contributed by atoms with van der Waals surface area (Å²) in [5.74, 6) is -4.09. The number of aromatic nitrogens is 1. The van der Waals surface area contributed by atoms with Gasteiger partial charge in [0.25, 0.3) is 17.7 Å². The fraction of sp³-hybridized carbons (Fsp3) is 0.107. The maximum atomic E-state index is 15.0. The minimum Gasteiger partial charge on any atom is -0.436 e. The number of amidine groups is 1. The molecule has 4 rings (SSSR count). The van der Waals surface area contributed by atoms with Crippen molar-refractivity contribution >= 4 is 11.7 Å². The van der Waals surface area contributed by atoms with Gasteiger partial charge in [-0.3, -0.25) is 10.2 Å². The number of nitrogens with zero attached hydrogens (tertiary/aromatic N) is 1. The molecule has 0 aliphatic carbocycles. The van der Waals surface area contributed by atoms with E-state index in [-0.39, 0.29) is 28.5 Å². The molecule has 0 aliphatic heterocycles. The van der Waals surface area contributed by atoms with Gasteiger partial charge in [0, 0.05) is 11.1 Å². The highest BCUT2D eigenvalue weighted by atomic mass is 19.1. The molecular weight excluding hydrogens is 478 g/mol. The highest BCUT2D eigenvalue weighted by molar-refractivity contribution is 5.97. The second-order valence-electron chi connectivity index (χ2n) is 8.44. The van der Waals surface area contributed by atoms with Gasteiger partial charge in [0.15, 0.2) is 11.6 Å². The lowest BCUT2D eigenvalue weighted by Gasteiger charge is -2.15. The molecule has 1 amide bonds. The van der Waals surface area contributed by atoms with Crippen molar-refractivity contribution in [1.82, 2.24) is 4.98 Å². The van der Waals surface area contributed by atoms with Gasteiger partial charge in [0.05, 0.1) is 5.56 Å². The van der Waals surface area contributed by atoms with Gasteiger partial charge in [0.1, 0.15) is 17.3 Å². The van der Waals surface area contributed by atoms with Crippen LogP contribution in [0.15, 0.2) is 66.7 Å². The summed E-state index contributed by atoms with van der Waals surface area (Å²) in [5.41, 5.74) is 13.8. The molecule has 0 saturated heterocycles. The Labute approximate surface area is 212 Å². The molecular formula is C28H24F2N4O3. The van der Waals surface area contributed by atoms with Crippen molar-refractivity contribution in [2.45, 2.75) is 20.3 Å². The lowest BCUT2D eigenvalue weighted by molar-refractivity contribution is 0.0997. The number of aryl methyl sites for hydroxylation is 1. The van der Waals surface area contributed by atoms with Gasteiger partial charge in [-0.05, 0) is 49.6 Å². The van der Waals surface area contributed by atoms with Crippen LogP contribution in [0.3, 0.4) is 0 Å². The fourth-order valence-electron chi connectivity index (χ4n) is 3.82. The molecule has 9 heteroatoms. The summed E-state index contributed by atoms with van der Waals surface area (Å²) in [6.07, 6.45) is 0.385. The molecule has 1 aromatic heterocycles. The quantitative estimate of drug-likeness (QED) is 0.216. The average Bonchev–Trinajstić information content (AvgIpc) is 2.85. The van der Waals surface area contributed by atoms with Crippen molar-refractivity contribution < 1.29 is 23.0 Å². The number of amides is 1. The molecule has 4 aromatic rings. The van der Waals surface area contributed by atoms with Crippen molar-refractivity contribution in [2.24, 2.45) is 11.5 Å². The van der Waals surface area contributed by atoms with E-state index in [4.69, 9.17) is 26.4 Å². The summed E-state index contributed by atoms with van der Waals surface area (Å²) in [5, 5.41) is 7.55. The Hall–Kier alpha value is -4.79. The first-order chi connectivity index (χ1) is 17.6. The number of carbonyl (C=O) groups excluding carboxylic acids is 1. The van der Waals surface area contributed by atoms with Crippen LogP contribution in [0.5, 0.6) is 23.3 Å². The van der Waals surface area contributed by atoms with Crippen LogP contribution < -0.4 is 20.9 Å². The molecule has 188 valence electrons. The Morgan fingerprint density at radius 2 is 1.59 bits per heavy atom. The summed E-state index contributed by atoms with van der Waals surface area (Å²) in [4.78, 5) is 16.3. The number of rotatable bonds is 8. The number of primary amides is 1. The zero-order chi connectivity index (χ0) is 26.7. The molecule has 1 heterocycles. The van der Waals surface area contributed by atoms with Gasteiger partial charge in [-0.25, -0.2) is 8.78 Å². The van der Waals surface area contributed by atoms with E-state index in [0.717, 1.165) is 11.1 Å². The van der Waals surface area contributed by atoms with Gasteiger partial charge in [-0.2, -0.15) is 4.98 Å². The Balaban J connectivity index is 1.72. The van der Waals surface area contributed by atoms with Gasteiger partial charge in [0.2, 0.25) is 0 Å². The van der Waals surface area contributed by atoms with Crippen LogP contribution >= 0.6 is 0 Å². The maximum Gasteiger partial charge on any atom is 0.259 e. The van der Waals surface area contributed by atoms with Crippen LogP contribution in [0.4, 0.5) is 8.78 Å². The number of nitrogens with one attached hydrogen (secondary N) is 1. The second kappa shape index (κ2) is 10.4. The molecule has 0 radical (unpaired) electrons. The van der Waals surface area contributed by atoms with Gasteiger partial charge in [-0.1, -0.05) is 54.1 Å². The lowest BCUT2D eigenvalue weighted by Crippen LogP contribution is -2.16. The fourth-order valence-corrected chi connectivity index (χ4v) is 3.82. The largest absolute Gasteiger partial charge is 0.436 e. The predicted molar refractivity (Wildman–Crippen MR) is 135 cm³/mol. The number of hydrogen-bond acceptors (Lipinski definition) is 5.